The van der Waals surface area contributed by atoms with Crippen LogP contribution in [0.3, 0.4) is 0 Å². The predicted octanol–water partition coefficient (Wildman–Crippen LogP) is 2.79. The second-order valence-corrected chi connectivity index (χ2v) is 5.25. The molecule has 2 aromatic carbocycles. The fourth-order valence-corrected chi connectivity index (χ4v) is 2.19. The minimum absolute atomic E-state index is 0.0338. The van der Waals surface area contributed by atoms with Gasteiger partial charge in [0.15, 0.2) is 5.11 Å². The minimum Gasteiger partial charge on any atom is -0.331 e. The molecule has 120 valence electrons. The lowest BCUT2D eigenvalue weighted by Crippen LogP contribution is -2.23. The Bertz CT molecular complexity index is 919. The number of nitrogens with zero attached hydrogens (tertiary/aromatic N) is 3. The van der Waals surface area contributed by atoms with Gasteiger partial charge in [0.25, 0.3) is 5.69 Å². The molecule has 0 saturated carbocycles. The third kappa shape index (κ3) is 3.70. The molecule has 0 radical (unpaired) electrons. The van der Waals surface area contributed by atoms with Crippen LogP contribution >= 0.6 is 12.2 Å². The lowest BCUT2D eigenvalue weighted by molar-refractivity contribution is -0.384. The van der Waals surface area contributed by atoms with Crippen LogP contribution in [0.25, 0.3) is 10.9 Å². The first kappa shape index (κ1) is 15.6. The SMILES string of the molecule is O=[N+]([O-])c1ccc(/C=N\NC(=S)Nc2ccc3cn[nH]c3c2)cc1. The third-order valence-electron chi connectivity index (χ3n) is 3.18. The van der Waals surface area contributed by atoms with Crippen LogP contribution < -0.4 is 10.7 Å². The summed E-state index contributed by atoms with van der Waals surface area (Å²) in [7, 11) is 0. The molecule has 0 bridgehead atoms. The molecule has 9 heteroatoms. The predicted molar refractivity (Wildman–Crippen MR) is 96.1 cm³/mol. The third-order valence-corrected chi connectivity index (χ3v) is 3.38. The summed E-state index contributed by atoms with van der Waals surface area (Å²) in [5, 5.41) is 25.8. The topological polar surface area (TPSA) is 108 Å². The Balaban J connectivity index is 1.57. The number of nitro benzene ring substituents is 1. The van der Waals surface area contributed by atoms with Crippen LogP contribution in [0.5, 0.6) is 0 Å². The lowest BCUT2D eigenvalue weighted by atomic mass is 10.2. The number of rotatable bonds is 4. The Morgan fingerprint density at radius 3 is 2.83 bits per heavy atom. The van der Waals surface area contributed by atoms with Gasteiger partial charge < -0.3 is 5.32 Å². The Kier molecular flexibility index (Phi) is 4.43. The monoisotopic (exact) mass is 340 g/mol. The number of aromatic amines is 1. The van der Waals surface area contributed by atoms with E-state index in [4.69, 9.17) is 12.2 Å². The van der Waals surface area contributed by atoms with Crippen LogP contribution in [0.15, 0.2) is 53.8 Å². The van der Waals surface area contributed by atoms with Gasteiger partial charge in [-0.3, -0.25) is 20.6 Å². The molecular weight excluding hydrogens is 328 g/mol. The molecule has 3 rings (SSSR count). The van der Waals surface area contributed by atoms with E-state index < -0.39 is 4.92 Å². The van der Waals surface area contributed by atoms with Crippen molar-refractivity contribution in [3.05, 3.63) is 64.3 Å². The van der Waals surface area contributed by atoms with Crippen LogP contribution in [0.4, 0.5) is 11.4 Å². The summed E-state index contributed by atoms with van der Waals surface area (Å²) in [5.74, 6) is 0. The minimum atomic E-state index is -0.450. The maximum atomic E-state index is 10.6. The number of fused-ring (bicyclic) bond motifs is 1. The summed E-state index contributed by atoms with van der Waals surface area (Å²) in [5.41, 5.74) is 5.14. The van der Waals surface area contributed by atoms with E-state index in [2.05, 4.69) is 26.0 Å². The molecule has 0 aliphatic rings. The maximum Gasteiger partial charge on any atom is 0.269 e. The molecule has 3 aromatic rings. The smallest absolute Gasteiger partial charge is 0.269 e. The highest BCUT2D eigenvalue weighted by Gasteiger charge is 2.03. The van der Waals surface area contributed by atoms with E-state index in [1.807, 2.05) is 18.2 Å². The number of H-pyrrole nitrogens is 1. The number of hydrogen-bond acceptors (Lipinski definition) is 5. The highest BCUT2D eigenvalue weighted by atomic mass is 32.1. The lowest BCUT2D eigenvalue weighted by Gasteiger charge is -2.06. The molecule has 0 unspecified atom stereocenters. The van der Waals surface area contributed by atoms with Crippen molar-refractivity contribution in [1.29, 1.82) is 0 Å². The van der Waals surface area contributed by atoms with Crippen molar-refractivity contribution in [2.45, 2.75) is 0 Å². The number of anilines is 1. The Morgan fingerprint density at radius 2 is 2.08 bits per heavy atom. The molecule has 1 heterocycles. The van der Waals surface area contributed by atoms with Crippen molar-refractivity contribution >= 4 is 45.8 Å². The molecule has 0 fully saturated rings. The number of thiocarbonyl (C=S) groups is 1. The molecule has 8 nitrogen and oxygen atoms in total. The number of non-ortho nitro benzene ring substituents is 1. The molecule has 1 aromatic heterocycles. The van der Waals surface area contributed by atoms with Crippen LogP contribution in [-0.4, -0.2) is 26.4 Å². The number of aromatic nitrogens is 2. The number of benzene rings is 2. The number of hydrogen-bond donors (Lipinski definition) is 3. The first-order valence-corrected chi connectivity index (χ1v) is 7.30. The normalized spacial score (nSPS) is 10.8. The molecule has 3 N–H and O–H groups in total. The second-order valence-electron chi connectivity index (χ2n) is 4.84. The van der Waals surface area contributed by atoms with Crippen molar-refractivity contribution in [3.63, 3.8) is 0 Å². The molecule has 0 aliphatic carbocycles. The van der Waals surface area contributed by atoms with Crippen molar-refractivity contribution < 1.29 is 4.92 Å². The average molecular weight is 340 g/mol. The quantitative estimate of drug-likeness (QED) is 0.292. The van der Waals surface area contributed by atoms with Crippen LogP contribution in [0.2, 0.25) is 0 Å². The molecule has 0 saturated heterocycles. The van der Waals surface area contributed by atoms with E-state index in [1.54, 1.807) is 18.3 Å². The van der Waals surface area contributed by atoms with Gasteiger partial charge in [0.1, 0.15) is 0 Å². The van der Waals surface area contributed by atoms with E-state index in [-0.39, 0.29) is 5.69 Å². The fraction of sp³-hybridized carbons (Fsp3) is 0. The largest absolute Gasteiger partial charge is 0.331 e. The fourth-order valence-electron chi connectivity index (χ4n) is 2.02. The zero-order valence-corrected chi connectivity index (χ0v) is 13.1. The molecule has 0 spiro atoms. The zero-order chi connectivity index (χ0) is 16.9. The number of nitrogens with one attached hydrogen (secondary N) is 3. The summed E-state index contributed by atoms with van der Waals surface area (Å²) < 4.78 is 0. The van der Waals surface area contributed by atoms with Crippen molar-refractivity contribution in [2.75, 3.05) is 5.32 Å². The van der Waals surface area contributed by atoms with Gasteiger partial charge in [0.05, 0.1) is 22.9 Å². The Hall–Kier alpha value is -3.33. The van der Waals surface area contributed by atoms with Crippen molar-refractivity contribution in [3.8, 4) is 0 Å². The Labute approximate surface area is 141 Å². The first-order valence-electron chi connectivity index (χ1n) is 6.89. The summed E-state index contributed by atoms with van der Waals surface area (Å²) in [6.45, 7) is 0. The summed E-state index contributed by atoms with van der Waals surface area (Å²) in [6.07, 6.45) is 3.26. The van der Waals surface area contributed by atoms with Gasteiger partial charge in [-0.15, -0.1) is 0 Å². The number of nitro groups is 1. The van der Waals surface area contributed by atoms with E-state index in [0.29, 0.717) is 5.11 Å². The molecule has 24 heavy (non-hydrogen) atoms. The van der Waals surface area contributed by atoms with E-state index in [9.17, 15) is 10.1 Å². The van der Waals surface area contributed by atoms with Gasteiger partial charge in [0, 0.05) is 23.2 Å². The molecule has 0 amide bonds. The standard InChI is InChI=1S/C15H12N6O2S/c22-21(23)13-5-1-10(2-6-13)8-16-20-15(24)18-12-4-3-11-9-17-19-14(11)7-12/h1-9H,(H,17,19)(H2,18,20,24)/b16-8-. The van der Waals surface area contributed by atoms with Gasteiger partial charge in [0.2, 0.25) is 0 Å². The summed E-state index contributed by atoms with van der Waals surface area (Å²) in [4.78, 5) is 10.1. The number of hydrazone groups is 1. The van der Waals surface area contributed by atoms with Gasteiger partial charge in [-0.1, -0.05) is 0 Å². The van der Waals surface area contributed by atoms with Gasteiger partial charge >= 0.3 is 0 Å². The average Bonchev–Trinajstić information content (AvgIpc) is 3.03. The highest BCUT2D eigenvalue weighted by Crippen LogP contribution is 2.16. The summed E-state index contributed by atoms with van der Waals surface area (Å²) in [6, 6.07) is 11.7. The van der Waals surface area contributed by atoms with Gasteiger partial charge in [-0.25, -0.2) is 0 Å². The van der Waals surface area contributed by atoms with Crippen LogP contribution in [-0.2, 0) is 0 Å². The highest BCUT2D eigenvalue weighted by molar-refractivity contribution is 7.80. The van der Waals surface area contributed by atoms with Crippen molar-refractivity contribution in [1.82, 2.24) is 15.6 Å². The Morgan fingerprint density at radius 1 is 1.29 bits per heavy atom. The van der Waals surface area contributed by atoms with E-state index in [1.165, 1.54) is 18.3 Å². The van der Waals surface area contributed by atoms with E-state index in [0.717, 1.165) is 22.2 Å². The van der Waals surface area contributed by atoms with E-state index >= 15 is 0 Å². The molecule has 0 aliphatic heterocycles. The van der Waals surface area contributed by atoms with Crippen LogP contribution in [0.1, 0.15) is 5.56 Å². The van der Waals surface area contributed by atoms with Gasteiger partial charge in [-0.2, -0.15) is 10.2 Å². The van der Waals surface area contributed by atoms with Gasteiger partial charge in [-0.05, 0) is 48.1 Å². The second kappa shape index (κ2) is 6.84. The maximum absolute atomic E-state index is 10.6. The molecular formula is C15H12N6O2S. The van der Waals surface area contributed by atoms with Crippen LogP contribution in [0, 0.1) is 10.1 Å². The summed E-state index contributed by atoms with van der Waals surface area (Å²) >= 11 is 5.16. The zero-order valence-electron chi connectivity index (χ0n) is 12.3. The first-order chi connectivity index (χ1) is 11.6. The molecule has 0 atom stereocenters. The van der Waals surface area contributed by atoms with Crippen molar-refractivity contribution in [2.24, 2.45) is 5.10 Å².